The van der Waals surface area contributed by atoms with Gasteiger partial charge < -0.3 is 14.6 Å². The maximum Gasteiger partial charge on any atom is 0.416 e. The van der Waals surface area contributed by atoms with E-state index in [1.54, 1.807) is 35.9 Å². The summed E-state index contributed by atoms with van der Waals surface area (Å²) in [5.74, 6) is 0.101. The number of Topliss-reactive ketones (excluding diaryl/α,β-unsaturated/α-hetero) is 1. The van der Waals surface area contributed by atoms with Crippen molar-refractivity contribution in [3.05, 3.63) is 65.5 Å². The van der Waals surface area contributed by atoms with Crippen molar-refractivity contribution in [1.29, 1.82) is 0 Å². The van der Waals surface area contributed by atoms with Crippen LogP contribution in [0.3, 0.4) is 0 Å². The van der Waals surface area contributed by atoms with Crippen LogP contribution in [-0.2, 0) is 24.6 Å². The normalized spacial score (nSPS) is 11.3. The second kappa shape index (κ2) is 9.86. The summed E-state index contributed by atoms with van der Waals surface area (Å²) < 4.78 is 45.4. The van der Waals surface area contributed by atoms with Crippen LogP contribution < -0.4 is 10.1 Å². The third-order valence-electron chi connectivity index (χ3n) is 4.34. The smallest absolute Gasteiger partial charge is 0.416 e. The number of alkyl halides is 3. The zero-order valence-electron chi connectivity index (χ0n) is 17.1. The first-order chi connectivity index (χ1) is 15.1. The standard InChI is InChI=1S/C21H19F3N4O3S/c1-13(29)14-5-3-7-16(9-14)25-19(30)12-32-20-27-26-18(28(20)2)11-31-17-8-4-6-15(10-17)21(22,23)24/h3-10H,11-12H2,1-2H3,(H,25,30). The summed E-state index contributed by atoms with van der Waals surface area (Å²) >= 11 is 1.14. The first-order valence-electron chi connectivity index (χ1n) is 9.35. The number of nitrogens with one attached hydrogen (secondary N) is 1. The number of amides is 1. The van der Waals surface area contributed by atoms with Gasteiger partial charge in [-0.25, -0.2) is 0 Å². The monoisotopic (exact) mass is 464 g/mol. The Bertz CT molecular complexity index is 1130. The van der Waals surface area contributed by atoms with Gasteiger partial charge in [0, 0.05) is 18.3 Å². The number of anilines is 1. The lowest BCUT2D eigenvalue weighted by Crippen LogP contribution is -2.15. The lowest BCUT2D eigenvalue weighted by molar-refractivity contribution is -0.137. The second-order valence-corrected chi connectivity index (χ2v) is 7.69. The molecule has 1 heterocycles. The largest absolute Gasteiger partial charge is 0.486 e. The van der Waals surface area contributed by atoms with Gasteiger partial charge in [-0.05, 0) is 37.3 Å². The number of nitrogens with zero attached hydrogens (tertiary/aromatic N) is 3. The molecule has 7 nitrogen and oxygen atoms in total. The minimum Gasteiger partial charge on any atom is -0.486 e. The SMILES string of the molecule is CC(=O)c1cccc(NC(=O)CSc2nnc(COc3cccc(C(F)(F)F)c3)n2C)c1. The molecule has 0 saturated carbocycles. The molecule has 0 radical (unpaired) electrons. The number of thioether (sulfide) groups is 1. The maximum atomic E-state index is 12.8. The molecule has 0 aliphatic carbocycles. The minimum atomic E-state index is -4.46. The Labute approximate surface area is 186 Å². The average molecular weight is 464 g/mol. The van der Waals surface area contributed by atoms with Crippen molar-refractivity contribution in [2.75, 3.05) is 11.1 Å². The van der Waals surface area contributed by atoms with Crippen molar-refractivity contribution >= 4 is 29.1 Å². The van der Waals surface area contributed by atoms with E-state index in [-0.39, 0.29) is 29.8 Å². The van der Waals surface area contributed by atoms with E-state index in [2.05, 4.69) is 15.5 Å². The molecule has 1 amide bonds. The number of hydrogen-bond acceptors (Lipinski definition) is 6. The Morgan fingerprint density at radius 3 is 2.59 bits per heavy atom. The fourth-order valence-corrected chi connectivity index (χ4v) is 3.38. The van der Waals surface area contributed by atoms with E-state index in [0.29, 0.717) is 22.2 Å². The third-order valence-corrected chi connectivity index (χ3v) is 5.36. The van der Waals surface area contributed by atoms with Crippen LogP contribution >= 0.6 is 11.8 Å². The van der Waals surface area contributed by atoms with Gasteiger partial charge in [-0.2, -0.15) is 13.2 Å². The summed E-state index contributed by atoms with van der Waals surface area (Å²) in [4.78, 5) is 23.7. The second-order valence-electron chi connectivity index (χ2n) is 6.75. The average Bonchev–Trinajstić information content (AvgIpc) is 3.10. The number of halogens is 3. The van der Waals surface area contributed by atoms with Crippen molar-refractivity contribution in [2.24, 2.45) is 7.05 Å². The molecule has 1 N–H and O–H groups in total. The summed E-state index contributed by atoms with van der Waals surface area (Å²) in [6, 6.07) is 11.2. The highest BCUT2D eigenvalue weighted by Crippen LogP contribution is 2.31. The molecule has 0 aliphatic rings. The van der Waals surface area contributed by atoms with Crippen molar-refractivity contribution < 1.29 is 27.5 Å². The van der Waals surface area contributed by atoms with Gasteiger partial charge in [0.25, 0.3) is 0 Å². The lowest BCUT2D eigenvalue weighted by atomic mass is 10.1. The van der Waals surface area contributed by atoms with Crippen LogP contribution in [0.4, 0.5) is 18.9 Å². The maximum absolute atomic E-state index is 12.8. The van der Waals surface area contributed by atoms with Gasteiger partial charge in [0.05, 0.1) is 11.3 Å². The predicted octanol–water partition coefficient (Wildman–Crippen LogP) is 4.35. The van der Waals surface area contributed by atoms with Crippen LogP contribution in [0.25, 0.3) is 0 Å². The molecule has 0 atom stereocenters. The van der Waals surface area contributed by atoms with Gasteiger partial charge in [-0.15, -0.1) is 10.2 Å². The van der Waals surface area contributed by atoms with E-state index in [1.165, 1.54) is 19.1 Å². The first kappa shape index (κ1) is 23.3. The molecule has 0 spiro atoms. The van der Waals surface area contributed by atoms with Crippen molar-refractivity contribution in [2.45, 2.75) is 24.9 Å². The van der Waals surface area contributed by atoms with Crippen LogP contribution in [0.15, 0.2) is 53.7 Å². The van der Waals surface area contributed by atoms with Gasteiger partial charge in [0.1, 0.15) is 12.4 Å². The van der Waals surface area contributed by atoms with E-state index >= 15 is 0 Å². The van der Waals surface area contributed by atoms with E-state index in [0.717, 1.165) is 23.9 Å². The van der Waals surface area contributed by atoms with Gasteiger partial charge in [0.15, 0.2) is 16.8 Å². The van der Waals surface area contributed by atoms with Gasteiger partial charge >= 0.3 is 6.18 Å². The predicted molar refractivity (Wildman–Crippen MR) is 113 cm³/mol. The molecule has 32 heavy (non-hydrogen) atoms. The summed E-state index contributed by atoms with van der Waals surface area (Å²) in [5, 5.41) is 11.1. The molecule has 11 heteroatoms. The van der Waals surface area contributed by atoms with E-state index in [4.69, 9.17) is 4.74 Å². The van der Waals surface area contributed by atoms with Gasteiger partial charge in [0.2, 0.25) is 5.91 Å². The van der Waals surface area contributed by atoms with Gasteiger partial charge in [-0.1, -0.05) is 30.0 Å². The molecule has 0 bridgehead atoms. The number of rotatable bonds is 8. The first-order valence-corrected chi connectivity index (χ1v) is 10.3. The van der Waals surface area contributed by atoms with Crippen LogP contribution in [0.1, 0.15) is 28.7 Å². The Morgan fingerprint density at radius 1 is 1.12 bits per heavy atom. The van der Waals surface area contributed by atoms with E-state index in [1.807, 2.05) is 0 Å². The van der Waals surface area contributed by atoms with Crippen molar-refractivity contribution in [1.82, 2.24) is 14.8 Å². The molecule has 0 aliphatic heterocycles. The summed E-state index contributed by atoms with van der Waals surface area (Å²) in [6.07, 6.45) is -4.46. The highest BCUT2D eigenvalue weighted by molar-refractivity contribution is 7.99. The van der Waals surface area contributed by atoms with Gasteiger partial charge in [-0.3, -0.25) is 9.59 Å². The highest BCUT2D eigenvalue weighted by atomic mass is 32.2. The Morgan fingerprint density at radius 2 is 1.88 bits per heavy atom. The van der Waals surface area contributed by atoms with E-state index < -0.39 is 11.7 Å². The van der Waals surface area contributed by atoms with Crippen LogP contribution in [-0.4, -0.2) is 32.2 Å². The molecular weight excluding hydrogens is 445 g/mol. The number of aromatic nitrogens is 3. The fraction of sp³-hybridized carbons (Fsp3) is 0.238. The molecule has 168 valence electrons. The zero-order valence-corrected chi connectivity index (χ0v) is 18.0. The fourth-order valence-electron chi connectivity index (χ4n) is 2.65. The Hall–Kier alpha value is -3.34. The summed E-state index contributed by atoms with van der Waals surface area (Å²) in [5.41, 5.74) is 0.203. The molecule has 0 fully saturated rings. The number of hydrogen-bond donors (Lipinski definition) is 1. The number of carbonyl (C=O) groups excluding carboxylic acids is 2. The van der Waals surface area contributed by atoms with E-state index in [9.17, 15) is 22.8 Å². The zero-order chi connectivity index (χ0) is 23.3. The lowest BCUT2D eigenvalue weighted by Gasteiger charge is -2.10. The van der Waals surface area contributed by atoms with Crippen LogP contribution in [0.2, 0.25) is 0 Å². The Kier molecular flexibility index (Phi) is 7.18. The molecule has 0 unspecified atom stereocenters. The van der Waals surface area contributed by atoms with Crippen LogP contribution in [0.5, 0.6) is 5.75 Å². The number of ketones is 1. The minimum absolute atomic E-state index is 0.0464. The topological polar surface area (TPSA) is 86.1 Å². The Balaban J connectivity index is 1.55. The molecule has 1 aromatic heterocycles. The third kappa shape index (κ3) is 6.10. The molecule has 2 aromatic carbocycles. The molecule has 0 saturated heterocycles. The quantitative estimate of drug-likeness (QED) is 0.394. The molecule has 3 aromatic rings. The number of benzene rings is 2. The molecule has 3 rings (SSSR count). The highest BCUT2D eigenvalue weighted by Gasteiger charge is 2.30. The molecular formula is C21H19F3N4O3S. The van der Waals surface area contributed by atoms with Crippen LogP contribution in [0, 0.1) is 0 Å². The summed E-state index contributed by atoms with van der Waals surface area (Å²) in [6.45, 7) is 1.36. The van der Waals surface area contributed by atoms with Crippen molar-refractivity contribution in [3.63, 3.8) is 0 Å². The number of carbonyl (C=O) groups is 2. The number of ether oxygens (including phenoxy) is 1. The van der Waals surface area contributed by atoms with Crippen molar-refractivity contribution in [3.8, 4) is 5.75 Å². The summed E-state index contributed by atoms with van der Waals surface area (Å²) in [7, 11) is 1.67.